The number of rotatable bonds is 4. The molecule has 2 amide bonds. The summed E-state index contributed by atoms with van der Waals surface area (Å²) in [5.41, 5.74) is 1.49. The highest BCUT2D eigenvalue weighted by atomic mass is 19.1. The van der Waals surface area contributed by atoms with E-state index in [9.17, 15) is 14.0 Å². The molecule has 30 heavy (non-hydrogen) atoms. The molecular weight excluding hydrogens is 385 g/mol. The molecular formula is C23H24FN3O3. The fourth-order valence-electron chi connectivity index (χ4n) is 3.59. The van der Waals surface area contributed by atoms with Crippen LogP contribution in [0.2, 0.25) is 0 Å². The van der Waals surface area contributed by atoms with Crippen molar-refractivity contribution in [1.82, 2.24) is 4.90 Å². The summed E-state index contributed by atoms with van der Waals surface area (Å²) in [5.74, 6) is -0.831. The molecule has 0 spiro atoms. The number of hydrogen-bond donors (Lipinski definition) is 1. The van der Waals surface area contributed by atoms with Crippen LogP contribution in [0.4, 0.5) is 15.8 Å². The van der Waals surface area contributed by atoms with Gasteiger partial charge in [0.2, 0.25) is 11.7 Å². The first kappa shape index (κ1) is 19.9. The second-order valence-electron chi connectivity index (χ2n) is 7.68. The monoisotopic (exact) mass is 409 g/mol. The lowest BCUT2D eigenvalue weighted by Gasteiger charge is -2.35. The van der Waals surface area contributed by atoms with Crippen LogP contribution < -0.4 is 10.2 Å². The molecule has 156 valence electrons. The number of fused-ring (bicyclic) bond motifs is 1. The zero-order chi connectivity index (χ0) is 21.3. The van der Waals surface area contributed by atoms with E-state index in [0.717, 1.165) is 0 Å². The fraction of sp³-hybridized carbons (Fsp3) is 0.304. The Morgan fingerprint density at radius 2 is 1.67 bits per heavy atom. The Kier molecular flexibility index (Phi) is 5.44. The van der Waals surface area contributed by atoms with Crippen LogP contribution in [0, 0.1) is 11.7 Å². The van der Waals surface area contributed by atoms with Crippen LogP contribution in [-0.2, 0) is 4.79 Å². The average Bonchev–Trinajstić information content (AvgIpc) is 3.12. The Balaban J connectivity index is 1.56. The average molecular weight is 409 g/mol. The molecule has 4 rings (SSSR count). The van der Waals surface area contributed by atoms with Crippen molar-refractivity contribution in [2.24, 2.45) is 5.92 Å². The number of halogens is 1. The van der Waals surface area contributed by atoms with Crippen molar-refractivity contribution >= 4 is 34.2 Å². The molecule has 0 unspecified atom stereocenters. The number of amides is 2. The third-order valence-electron chi connectivity index (χ3n) is 5.32. The van der Waals surface area contributed by atoms with Crippen LogP contribution in [0.5, 0.6) is 0 Å². The van der Waals surface area contributed by atoms with Gasteiger partial charge in [-0.05, 0) is 24.3 Å². The second-order valence-corrected chi connectivity index (χ2v) is 7.68. The van der Waals surface area contributed by atoms with Crippen molar-refractivity contribution in [2.45, 2.75) is 13.8 Å². The Bertz CT molecular complexity index is 1080. The summed E-state index contributed by atoms with van der Waals surface area (Å²) >= 11 is 0. The third kappa shape index (κ3) is 3.75. The van der Waals surface area contributed by atoms with Crippen molar-refractivity contribution in [2.75, 3.05) is 36.4 Å². The lowest BCUT2D eigenvalue weighted by molar-refractivity contribution is -0.118. The number of para-hydroxylation sites is 2. The Hall–Kier alpha value is -3.35. The van der Waals surface area contributed by atoms with E-state index in [0.29, 0.717) is 48.5 Å². The van der Waals surface area contributed by atoms with Gasteiger partial charge >= 0.3 is 0 Å². The number of benzene rings is 2. The maximum Gasteiger partial charge on any atom is 0.291 e. The minimum absolute atomic E-state index is 0.129. The molecule has 2 aromatic carbocycles. The van der Waals surface area contributed by atoms with Crippen LogP contribution in [-0.4, -0.2) is 42.9 Å². The Labute approximate surface area is 174 Å². The normalized spacial score (nSPS) is 14.4. The maximum absolute atomic E-state index is 14.1. The van der Waals surface area contributed by atoms with Crippen LogP contribution in [0.1, 0.15) is 24.4 Å². The highest BCUT2D eigenvalue weighted by Crippen LogP contribution is 2.32. The van der Waals surface area contributed by atoms with Crippen molar-refractivity contribution in [3.05, 3.63) is 60.1 Å². The van der Waals surface area contributed by atoms with Gasteiger partial charge in [0.25, 0.3) is 5.91 Å². The molecule has 0 saturated carbocycles. The number of carbonyl (C=O) groups is 2. The summed E-state index contributed by atoms with van der Waals surface area (Å²) in [4.78, 5) is 29.2. The van der Waals surface area contributed by atoms with E-state index < -0.39 is 0 Å². The zero-order valence-corrected chi connectivity index (χ0v) is 17.0. The van der Waals surface area contributed by atoms with Gasteiger partial charge in [0.15, 0.2) is 0 Å². The molecule has 1 aliphatic rings. The number of furan rings is 1. The van der Waals surface area contributed by atoms with Gasteiger partial charge in [-0.25, -0.2) is 4.39 Å². The minimum Gasteiger partial charge on any atom is -0.449 e. The van der Waals surface area contributed by atoms with Crippen molar-refractivity contribution in [1.29, 1.82) is 0 Å². The number of piperazine rings is 1. The summed E-state index contributed by atoms with van der Waals surface area (Å²) in [5, 5.41) is 3.55. The van der Waals surface area contributed by atoms with Gasteiger partial charge in [0, 0.05) is 37.5 Å². The van der Waals surface area contributed by atoms with Gasteiger partial charge in [-0.15, -0.1) is 0 Å². The predicted molar refractivity (Wildman–Crippen MR) is 114 cm³/mol. The molecule has 2 heterocycles. The molecule has 0 atom stereocenters. The van der Waals surface area contributed by atoms with Crippen LogP contribution in [0.3, 0.4) is 0 Å². The number of nitrogens with zero attached hydrogens (tertiary/aromatic N) is 2. The number of carbonyl (C=O) groups excluding carboxylic acids is 2. The van der Waals surface area contributed by atoms with Crippen molar-refractivity contribution in [3.8, 4) is 0 Å². The minimum atomic E-state index is -0.279. The van der Waals surface area contributed by atoms with Crippen molar-refractivity contribution in [3.63, 3.8) is 0 Å². The molecule has 0 aliphatic carbocycles. The highest BCUT2D eigenvalue weighted by molar-refractivity contribution is 6.11. The molecule has 3 aromatic rings. The Morgan fingerprint density at radius 1 is 1.00 bits per heavy atom. The lowest BCUT2D eigenvalue weighted by atomic mass is 10.1. The number of nitrogens with one attached hydrogen (secondary N) is 1. The second kappa shape index (κ2) is 8.18. The van der Waals surface area contributed by atoms with E-state index in [1.807, 2.05) is 23.1 Å². The summed E-state index contributed by atoms with van der Waals surface area (Å²) in [6.45, 7) is 5.48. The Morgan fingerprint density at radius 3 is 2.37 bits per heavy atom. The quantitative estimate of drug-likeness (QED) is 0.704. The lowest BCUT2D eigenvalue weighted by Crippen LogP contribution is -2.49. The van der Waals surface area contributed by atoms with E-state index in [2.05, 4.69) is 5.32 Å². The summed E-state index contributed by atoms with van der Waals surface area (Å²) in [7, 11) is 0. The van der Waals surface area contributed by atoms with Gasteiger partial charge < -0.3 is 19.5 Å². The first-order valence-corrected chi connectivity index (χ1v) is 10.1. The van der Waals surface area contributed by atoms with E-state index in [4.69, 9.17) is 4.42 Å². The van der Waals surface area contributed by atoms with Crippen LogP contribution in [0.25, 0.3) is 11.0 Å². The molecule has 1 aromatic heterocycles. The summed E-state index contributed by atoms with van der Waals surface area (Å²) in [6, 6.07) is 13.9. The predicted octanol–water partition coefficient (Wildman–Crippen LogP) is 4.13. The molecule has 1 fully saturated rings. The number of anilines is 2. The summed E-state index contributed by atoms with van der Waals surface area (Å²) in [6.07, 6.45) is 0. The molecule has 6 nitrogen and oxygen atoms in total. The van der Waals surface area contributed by atoms with E-state index in [1.165, 1.54) is 6.07 Å². The molecule has 1 aliphatic heterocycles. The van der Waals surface area contributed by atoms with Gasteiger partial charge in [-0.3, -0.25) is 9.59 Å². The SMILES string of the molecule is CC(C)C(=O)Nc1c(C(=O)N2CCN(c3ccccc3F)CC2)oc2ccccc12. The smallest absolute Gasteiger partial charge is 0.291 e. The number of hydrogen-bond acceptors (Lipinski definition) is 4. The molecule has 1 N–H and O–H groups in total. The third-order valence-corrected chi connectivity index (χ3v) is 5.32. The van der Waals surface area contributed by atoms with Gasteiger partial charge in [0.05, 0.1) is 5.69 Å². The van der Waals surface area contributed by atoms with Gasteiger partial charge in [0.1, 0.15) is 17.1 Å². The van der Waals surface area contributed by atoms with Crippen LogP contribution in [0.15, 0.2) is 52.9 Å². The summed E-state index contributed by atoms with van der Waals surface area (Å²) < 4.78 is 19.9. The molecule has 0 radical (unpaired) electrons. The van der Waals surface area contributed by atoms with Gasteiger partial charge in [-0.2, -0.15) is 0 Å². The molecule has 7 heteroatoms. The van der Waals surface area contributed by atoms with Gasteiger partial charge in [-0.1, -0.05) is 38.1 Å². The topological polar surface area (TPSA) is 65.8 Å². The van der Waals surface area contributed by atoms with Crippen LogP contribution >= 0.6 is 0 Å². The van der Waals surface area contributed by atoms with E-state index in [1.54, 1.807) is 43.0 Å². The molecule has 0 bridgehead atoms. The highest BCUT2D eigenvalue weighted by Gasteiger charge is 2.29. The zero-order valence-electron chi connectivity index (χ0n) is 17.0. The van der Waals surface area contributed by atoms with Crippen molar-refractivity contribution < 1.29 is 18.4 Å². The maximum atomic E-state index is 14.1. The van der Waals surface area contributed by atoms with E-state index in [-0.39, 0.29) is 29.3 Å². The molecule has 1 saturated heterocycles. The first-order valence-electron chi connectivity index (χ1n) is 10.1. The fourth-order valence-corrected chi connectivity index (χ4v) is 3.59. The largest absolute Gasteiger partial charge is 0.449 e. The standard InChI is InChI=1S/C23H24FN3O3/c1-15(2)22(28)25-20-16-7-3-6-10-19(16)30-21(20)23(29)27-13-11-26(12-14-27)18-9-5-4-8-17(18)24/h3-10,15H,11-14H2,1-2H3,(H,25,28). The first-order chi connectivity index (χ1) is 14.5. The van der Waals surface area contributed by atoms with E-state index >= 15 is 0 Å².